The number of piperazine rings is 1. The number of anilines is 1. The van der Waals surface area contributed by atoms with Crippen molar-refractivity contribution < 1.29 is 23.9 Å². The van der Waals surface area contributed by atoms with Crippen molar-refractivity contribution in [2.24, 2.45) is 5.92 Å². The summed E-state index contributed by atoms with van der Waals surface area (Å²) in [6.07, 6.45) is 0. The Morgan fingerprint density at radius 3 is 2.09 bits per heavy atom. The molecule has 186 valence electrons. The highest BCUT2D eigenvalue weighted by molar-refractivity contribution is 5.97. The fourth-order valence-electron chi connectivity index (χ4n) is 3.62. The highest BCUT2D eigenvalue weighted by atomic mass is 16.5. The molecule has 0 radical (unpaired) electrons. The number of hydrogen-bond acceptors (Lipinski definition) is 5. The largest absolute Gasteiger partial charge is 0.454 e. The van der Waals surface area contributed by atoms with Crippen LogP contribution in [0, 0.1) is 12.8 Å². The first kappa shape index (κ1) is 25.7. The number of hydrogen-bond donors (Lipinski definition) is 2. The first-order valence-electron chi connectivity index (χ1n) is 11.7. The fraction of sp³-hybridized carbons (Fsp3) is 0.385. The van der Waals surface area contributed by atoms with Gasteiger partial charge in [-0.1, -0.05) is 49.7 Å². The summed E-state index contributed by atoms with van der Waals surface area (Å²) in [5.74, 6) is -1.60. The summed E-state index contributed by atoms with van der Waals surface area (Å²) in [6.45, 7) is 6.53. The van der Waals surface area contributed by atoms with Gasteiger partial charge in [0, 0.05) is 37.4 Å². The van der Waals surface area contributed by atoms with Crippen molar-refractivity contribution in [2.75, 3.05) is 38.1 Å². The highest BCUT2D eigenvalue weighted by Gasteiger charge is 2.29. The Bertz CT molecular complexity index is 1030. The Kier molecular flexibility index (Phi) is 8.83. The number of rotatable bonds is 7. The van der Waals surface area contributed by atoms with E-state index in [4.69, 9.17) is 4.74 Å². The van der Waals surface area contributed by atoms with Crippen LogP contribution in [0.1, 0.15) is 29.8 Å². The Hall–Kier alpha value is -3.88. The predicted molar refractivity (Wildman–Crippen MR) is 132 cm³/mol. The molecule has 0 aromatic heterocycles. The molecule has 35 heavy (non-hydrogen) atoms. The lowest BCUT2D eigenvalue weighted by Gasteiger charge is -2.34. The van der Waals surface area contributed by atoms with Gasteiger partial charge in [0.1, 0.15) is 6.04 Å². The molecule has 1 aliphatic heterocycles. The van der Waals surface area contributed by atoms with E-state index < -0.39 is 18.6 Å². The minimum atomic E-state index is -0.880. The first-order valence-corrected chi connectivity index (χ1v) is 11.7. The van der Waals surface area contributed by atoms with Crippen molar-refractivity contribution in [3.8, 4) is 0 Å². The summed E-state index contributed by atoms with van der Waals surface area (Å²) in [4.78, 5) is 53.4. The van der Waals surface area contributed by atoms with Gasteiger partial charge in [0.25, 0.3) is 11.8 Å². The molecule has 1 saturated heterocycles. The number of nitrogens with one attached hydrogen (secondary N) is 2. The van der Waals surface area contributed by atoms with Crippen LogP contribution in [0.3, 0.4) is 0 Å². The zero-order chi connectivity index (χ0) is 25.4. The monoisotopic (exact) mass is 480 g/mol. The summed E-state index contributed by atoms with van der Waals surface area (Å²) < 4.78 is 5.25. The van der Waals surface area contributed by atoms with Crippen LogP contribution >= 0.6 is 0 Å². The third-order valence-corrected chi connectivity index (χ3v) is 5.80. The van der Waals surface area contributed by atoms with Crippen molar-refractivity contribution >= 4 is 29.5 Å². The third kappa shape index (κ3) is 7.30. The molecular formula is C26H32N4O5. The summed E-state index contributed by atoms with van der Waals surface area (Å²) in [5, 5.41) is 5.53. The number of carbonyl (C=O) groups is 4. The first-order chi connectivity index (χ1) is 16.7. The zero-order valence-electron chi connectivity index (χ0n) is 20.3. The lowest BCUT2D eigenvalue weighted by molar-refractivity contribution is -0.155. The molecule has 2 aromatic rings. The molecule has 1 atom stereocenters. The van der Waals surface area contributed by atoms with E-state index in [0.29, 0.717) is 37.4 Å². The zero-order valence-corrected chi connectivity index (χ0v) is 20.3. The number of ether oxygens (including phenoxy) is 1. The molecule has 4 amide bonds. The topological polar surface area (TPSA) is 108 Å². The molecule has 0 unspecified atom stereocenters. The molecule has 9 nitrogen and oxygen atoms in total. The highest BCUT2D eigenvalue weighted by Crippen LogP contribution is 2.11. The average Bonchev–Trinajstić information content (AvgIpc) is 2.86. The summed E-state index contributed by atoms with van der Waals surface area (Å²) >= 11 is 0. The molecule has 0 bridgehead atoms. The Labute approximate surface area is 205 Å². The van der Waals surface area contributed by atoms with E-state index in [2.05, 4.69) is 10.6 Å². The van der Waals surface area contributed by atoms with Crippen LogP contribution in [-0.4, -0.2) is 72.4 Å². The van der Waals surface area contributed by atoms with E-state index in [1.807, 2.05) is 37.3 Å². The molecule has 2 aromatic carbocycles. The van der Waals surface area contributed by atoms with Gasteiger partial charge in [-0.05, 0) is 37.1 Å². The number of aryl methyl sites for hydroxylation is 1. The summed E-state index contributed by atoms with van der Waals surface area (Å²) in [6, 6.07) is 15.1. The standard InChI is InChI=1S/C26H32N4O5/c1-18(2)23(28-24(32)20-11-9-19(3)10-12-20)25(33)35-17-22(31)29-13-15-30(16-14-29)26(34)27-21-7-5-4-6-8-21/h4-12,18,23H,13-17H2,1-3H3,(H,27,34)(H,28,32)/t23-/m0/s1. The lowest BCUT2D eigenvalue weighted by atomic mass is 10.0. The van der Waals surface area contributed by atoms with Crippen LogP contribution in [0.4, 0.5) is 10.5 Å². The van der Waals surface area contributed by atoms with Crippen LogP contribution in [0.15, 0.2) is 54.6 Å². The maximum atomic E-state index is 12.6. The Morgan fingerprint density at radius 1 is 0.886 bits per heavy atom. The second kappa shape index (κ2) is 12.0. The minimum absolute atomic E-state index is 0.223. The predicted octanol–water partition coefficient (Wildman–Crippen LogP) is 2.67. The van der Waals surface area contributed by atoms with Crippen LogP contribution in [0.25, 0.3) is 0 Å². The summed E-state index contributed by atoms with van der Waals surface area (Å²) in [5.41, 5.74) is 2.17. The van der Waals surface area contributed by atoms with E-state index in [-0.39, 0.29) is 23.8 Å². The normalized spacial score (nSPS) is 14.3. The van der Waals surface area contributed by atoms with Gasteiger partial charge in [-0.25, -0.2) is 9.59 Å². The van der Waals surface area contributed by atoms with Crippen molar-refractivity contribution in [3.63, 3.8) is 0 Å². The van der Waals surface area contributed by atoms with Gasteiger partial charge >= 0.3 is 12.0 Å². The van der Waals surface area contributed by atoms with Crippen molar-refractivity contribution in [3.05, 3.63) is 65.7 Å². The molecule has 0 saturated carbocycles. The van der Waals surface area contributed by atoms with Crippen LogP contribution in [0.5, 0.6) is 0 Å². The number of carbonyl (C=O) groups excluding carboxylic acids is 4. The number of esters is 1. The van der Waals surface area contributed by atoms with Crippen molar-refractivity contribution in [1.82, 2.24) is 15.1 Å². The smallest absolute Gasteiger partial charge is 0.329 e. The van der Waals surface area contributed by atoms with Gasteiger partial charge < -0.3 is 25.2 Å². The fourth-order valence-corrected chi connectivity index (χ4v) is 3.62. The lowest BCUT2D eigenvalue weighted by Crippen LogP contribution is -2.53. The number of para-hydroxylation sites is 1. The van der Waals surface area contributed by atoms with E-state index >= 15 is 0 Å². The second-order valence-corrected chi connectivity index (χ2v) is 8.83. The van der Waals surface area contributed by atoms with Gasteiger partial charge in [-0.2, -0.15) is 0 Å². The van der Waals surface area contributed by atoms with E-state index in [1.54, 1.807) is 47.9 Å². The number of urea groups is 1. The quantitative estimate of drug-likeness (QED) is 0.593. The Morgan fingerprint density at radius 2 is 1.49 bits per heavy atom. The van der Waals surface area contributed by atoms with Crippen molar-refractivity contribution in [2.45, 2.75) is 26.8 Å². The van der Waals surface area contributed by atoms with Gasteiger partial charge in [0.15, 0.2) is 6.61 Å². The molecule has 9 heteroatoms. The third-order valence-electron chi connectivity index (χ3n) is 5.80. The van der Waals surface area contributed by atoms with Gasteiger partial charge in [0.2, 0.25) is 0 Å². The van der Waals surface area contributed by atoms with Gasteiger partial charge in [-0.15, -0.1) is 0 Å². The number of nitrogens with zero attached hydrogens (tertiary/aromatic N) is 2. The maximum Gasteiger partial charge on any atom is 0.329 e. The molecule has 1 aliphatic rings. The van der Waals surface area contributed by atoms with E-state index in [9.17, 15) is 19.2 Å². The van der Waals surface area contributed by atoms with Gasteiger partial charge in [0.05, 0.1) is 0 Å². The molecule has 0 aliphatic carbocycles. The molecule has 2 N–H and O–H groups in total. The minimum Gasteiger partial charge on any atom is -0.454 e. The number of benzene rings is 2. The van der Waals surface area contributed by atoms with E-state index in [1.165, 1.54) is 0 Å². The summed E-state index contributed by atoms with van der Waals surface area (Å²) in [7, 11) is 0. The van der Waals surface area contributed by atoms with E-state index in [0.717, 1.165) is 5.56 Å². The van der Waals surface area contributed by atoms with Crippen molar-refractivity contribution in [1.29, 1.82) is 0 Å². The van der Waals surface area contributed by atoms with Gasteiger partial charge in [-0.3, -0.25) is 9.59 Å². The second-order valence-electron chi connectivity index (χ2n) is 8.83. The molecule has 1 heterocycles. The Balaban J connectivity index is 1.45. The molecule has 0 spiro atoms. The van der Waals surface area contributed by atoms with Crippen LogP contribution in [-0.2, 0) is 14.3 Å². The molecule has 3 rings (SSSR count). The number of amides is 4. The SMILES string of the molecule is Cc1ccc(C(=O)N[C@H](C(=O)OCC(=O)N2CCN(C(=O)Nc3ccccc3)CC2)C(C)C)cc1. The molecular weight excluding hydrogens is 448 g/mol. The molecule has 1 fully saturated rings. The average molecular weight is 481 g/mol. The van der Waals surface area contributed by atoms with Crippen LogP contribution in [0.2, 0.25) is 0 Å². The van der Waals surface area contributed by atoms with Crippen LogP contribution < -0.4 is 10.6 Å². The maximum absolute atomic E-state index is 12.6.